The second-order valence-electron chi connectivity index (χ2n) is 4.71. The van der Waals surface area contributed by atoms with Gasteiger partial charge in [0.05, 0.1) is 5.92 Å². The Morgan fingerprint density at radius 3 is 2.59 bits per heavy atom. The number of carboxylic acid groups (broad SMARTS) is 1. The number of carboxylic acids is 1. The first kappa shape index (κ1) is 12.8. The standard InChI is InChI=1S/C13H16INO2/c1-9(13(16)17)11-7-15(8-11)6-10-2-4-12(14)5-3-10/h2-5,9,11H,6-8H2,1H3,(H,16,17). The van der Waals surface area contributed by atoms with Crippen LogP contribution < -0.4 is 0 Å². The molecule has 1 N–H and O–H groups in total. The van der Waals surface area contributed by atoms with Crippen LogP contribution in [0.4, 0.5) is 0 Å². The monoisotopic (exact) mass is 345 g/mol. The quantitative estimate of drug-likeness (QED) is 0.853. The van der Waals surface area contributed by atoms with E-state index in [-0.39, 0.29) is 5.92 Å². The molecule has 1 unspecified atom stereocenters. The summed E-state index contributed by atoms with van der Waals surface area (Å²) in [4.78, 5) is 13.1. The lowest BCUT2D eigenvalue weighted by Crippen LogP contribution is -2.50. The van der Waals surface area contributed by atoms with Gasteiger partial charge in [-0.2, -0.15) is 0 Å². The van der Waals surface area contributed by atoms with Crippen LogP contribution in [0.5, 0.6) is 0 Å². The van der Waals surface area contributed by atoms with Crippen molar-refractivity contribution in [2.75, 3.05) is 13.1 Å². The molecule has 1 aliphatic heterocycles. The van der Waals surface area contributed by atoms with Crippen molar-refractivity contribution in [2.45, 2.75) is 13.5 Å². The van der Waals surface area contributed by atoms with Gasteiger partial charge in [-0.1, -0.05) is 19.1 Å². The van der Waals surface area contributed by atoms with E-state index in [1.165, 1.54) is 9.13 Å². The van der Waals surface area contributed by atoms with Crippen molar-refractivity contribution in [1.29, 1.82) is 0 Å². The minimum Gasteiger partial charge on any atom is -0.481 e. The highest BCUT2D eigenvalue weighted by Gasteiger charge is 2.34. The highest BCUT2D eigenvalue weighted by Crippen LogP contribution is 2.25. The zero-order chi connectivity index (χ0) is 12.4. The average Bonchev–Trinajstić information content (AvgIpc) is 2.24. The highest BCUT2D eigenvalue weighted by molar-refractivity contribution is 14.1. The molecule has 0 amide bonds. The number of benzene rings is 1. The minimum atomic E-state index is -0.677. The van der Waals surface area contributed by atoms with E-state index >= 15 is 0 Å². The number of nitrogens with zero attached hydrogens (tertiary/aromatic N) is 1. The molecule has 0 aliphatic carbocycles. The number of aliphatic carboxylic acids is 1. The Kier molecular flexibility index (Phi) is 4.04. The summed E-state index contributed by atoms with van der Waals surface area (Å²) in [5.74, 6) is -0.580. The van der Waals surface area contributed by atoms with Crippen LogP contribution in [0.3, 0.4) is 0 Å². The number of hydrogen-bond acceptors (Lipinski definition) is 2. The second kappa shape index (κ2) is 5.35. The van der Waals surface area contributed by atoms with Gasteiger partial charge >= 0.3 is 5.97 Å². The molecule has 1 atom stereocenters. The second-order valence-corrected chi connectivity index (χ2v) is 5.95. The molecule has 1 aromatic rings. The molecule has 0 aromatic heterocycles. The molecule has 3 nitrogen and oxygen atoms in total. The first-order valence-corrected chi connectivity index (χ1v) is 6.83. The molecular weight excluding hydrogens is 329 g/mol. The third-order valence-corrected chi connectivity index (χ3v) is 4.12. The summed E-state index contributed by atoms with van der Waals surface area (Å²) in [7, 11) is 0. The van der Waals surface area contributed by atoms with E-state index in [1.807, 2.05) is 0 Å². The molecular formula is C13H16INO2. The van der Waals surface area contributed by atoms with E-state index in [4.69, 9.17) is 5.11 Å². The van der Waals surface area contributed by atoms with E-state index in [2.05, 4.69) is 51.8 Å². The largest absolute Gasteiger partial charge is 0.481 e. The van der Waals surface area contributed by atoms with Crippen LogP contribution in [0.25, 0.3) is 0 Å². The van der Waals surface area contributed by atoms with Crippen LogP contribution >= 0.6 is 22.6 Å². The Balaban J connectivity index is 1.81. The van der Waals surface area contributed by atoms with Crippen LogP contribution in [0.1, 0.15) is 12.5 Å². The molecule has 0 bridgehead atoms. The molecule has 1 aliphatic rings. The fraction of sp³-hybridized carbons (Fsp3) is 0.462. The first-order valence-electron chi connectivity index (χ1n) is 5.76. The van der Waals surface area contributed by atoms with Gasteiger partial charge < -0.3 is 5.11 Å². The Morgan fingerprint density at radius 2 is 2.06 bits per heavy atom. The molecule has 0 saturated carbocycles. The van der Waals surface area contributed by atoms with Crippen molar-refractivity contribution in [3.8, 4) is 0 Å². The van der Waals surface area contributed by atoms with Gasteiger partial charge in [0.15, 0.2) is 0 Å². The van der Waals surface area contributed by atoms with Crippen molar-refractivity contribution in [3.05, 3.63) is 33.4 Å². The van der Waals surface area contributed by atoms with Gasteiger partial charge in [0.2, 0.25) is 0 Å². The van der Waals surface area contributed by atoms with E-state index in [1.54, 1.807) is 6.92 Å². The average molecular weight is 345 g/mol. The van der Waals surface area contributed by atoms with Crippen LogP contribution in [-0.4, -0.2) is 29.1 Å². The Morgan fingerprint density at radius 1 is 1.47 bits per heavy atom. The predicted octanol–water partition coefficient (Wildman–Crippen LogP) is 2.44. The molecule has 1 aromatic carbocycles. The normalized spacial score (nSPS) is 18.7. The van der Waals surface area contributed by atoms with Gasteiger partial charge in [0, 0.05) is 23.2 Å². The summed E-state index contributed by atoms with van der Waals surface area (Å²) in [6, 6.07) is 8.48. The molecule has 1 heterocycles. The van der Waals surface area contributed by atoms with Gasteiger partial charge in [-0.25, -0.2) is 0 Å². The maximum atomic E-state index is 10.8. The van der Waals surface area contributed by atoms with Crippen molar-refractivity contribution < 1.29 is 9.90 Å². The Labute approximate surface area is 115 Å². The summed E-state index contributed by atoms with van der Waals surface area (Å²) in [6.07, 6.45) is 0. The fourth-order valence-corrected chi connectivity index (χ4v) is 2.46. The molecule has 0 radical (unpaired) electrons. The minimum absolute atomic E-state index is 0.219. The summed E-state index contributed by atoms with van der Waals surface area (Å²) in [5, 5.41) is 8.90. The highest BCUT2D eigenvalue weighted by atomic mass is 127. The molecule has 1 fully saturated rings. The lowest BCUT2D eigenvalue weighted by Gasteiger charge is -2.41. The van der Waals surface area contributed by atoms with Gasteiger partial charge in [0.1, 0.15) is 0 Å². The Hall–Kier alpha value is -0.620. The SMILES string of the molecule is CC(C(=O)O)C1CN(Cc2ccc(I)cc2)C1. The lowest BCUT2D eigenvalue weighted by molar-refractivity contribution is -0.145. The molecule has 92 valence electrons. The third kappa shape index (κ3) is 3.19. The smallest absolute Gasteiger partial charge is 0.306 e. The molecule has 2 rings (SSSR count). The van der Waals surface area contributed by atoms with Gasteiger partial charge in [0.25, 0.3) is 0 Å². The van der Waals surface area contributed by atoms with Crippen molar-refractivity contribution in [2.24, 2.45) is 11.8 Å². The van der Waals surface area contributed by atoms with Crippen LogP contribution in [0, 0.1) is 15.4 Å². The van der Waals surface area contributed by atoms with Crippen molar-refractivity contribution >= 4 is 28.6 Å². The molecule has 0 spiro atoms. The topological polar surface area (TPSA) is 40.5 Å². The van der Waals surface area contributed by atoms with Crippen LogP contribution in [0.15, 0.2) is 24.3 Å². The summed E-state index contributed by atoms with van der Waals surface area (Å²) >= 11 is 2.29. The van der Waals surface area contributed by atoms with Crippen LogP contribution in [-0.2, 0) is 11.3 Å². The van der Waals surface area contributed by atoms with E-state index in [9.17, 15) is 4.79 Å². The van der Waals surface area contributed by atoms with Crippen molar-refractivity contribution in [1.82, 2.24) is 4.90 Å². The number of halogens is 1. The number of hydrogen-bond donors (Lipinski definition) is 1. The number of rotatable bonds is 4. The molecule has 4 heteroatoms. The zero-order valence-electron chi connectivity index (χ0n) is 9.77. The number of likely N-dealkylation sites (tertiary alicyclic amines) is 1. The number of carbonyl (C=O) groups is 1. The molecule has 17 heavy (non-hydrogen) atoms. The maximum absolute atomic E-state index is 10.8. The van der Waals surface area contributed by atoms with E-state index in [0.717, 1.165) is 19.6 Å². The summed E-state index contributed by atoms with van der Waals surface area (Å²) < 4.78 is 1.24. The maximum Gasteiger partial charge on any atom is 0.306 e. The summed E-state index contributed by atoms with van der Waals surface area (Å²) in [5.41, 5.74) is 1.30. The first-order chi connectivity index (χ1) is 8.06. The van der Waals surface area contributed by atoms with Gasteiger partial charge in [-0.15, -0.1) is 0 Å². The van der Waals surface area contributed by atoms with E-state index in [0.29, 0.717) is 5.92 Å². The third-order valence-electron chi connectivity index (χ3n) is 3.40. The fourth-order valence-electron chi connectivity index (χ4n) is 2.10. The van der Waals surface area contributed by atoms with Crippen LogP contribution in [0.2, 0.25) is 0 Å². The zero-order valence-corrected chi connectivity index (χ0v) is 11.9. The summed E-state index contributed by atoms with van der Waals surface area (Å²) in [6.45, 7) is 4.54. The Bertz CT molecular complexity index is 398. The van der Waals surface area contributed by atoms with Gasteiger partial charge in [-0.05, 0) is 46.2 Å². The van der Waals surface area contributed by atoms with Crippen molar-refractivity contribution in [3.63, 3.8) is 0 Å². The predicted molar refractivity (Wildman–Crippen MR) is 74.7 cm³/mol. The molecule has 1 saturated heterocycles. The lowest BCUT2D eigenvalue weighted by atomic mass is 9.87. The van der Waals surface area contributed by atoms with Gasteiger partial charge in [-0.3, -0.25) is 9.69 Å². The van der Waals surface area contributed by atoms with E-state index < -0.39 is 5.97 Å².